The number of hydrogen-bond donors (Lipinski definition) is 1. The zero-order chi connectivity index (χ0) is 16.4. The van der Waals surface area contributed by atoms with Crippen LogP contribution in [-0.2, 0) is 0 Å². The molecule has 1 fully saturated rings. The van der Waals surface area contributed by atoms with Gasteiger partial charge in [-0.25, -0.2) is 4.79 Å². The molecule has 0 spiro atoms. The average Bonchev–Trinajstić information content (AvgIpc) is 2.99. The molecule has 0 unspecified atom stereocenters. The second-order valence-electron chi connectivity index (χ2n) is 5.36. The predicted molar refractivity (Wildman–Crippen MR) is 98.6 cm³/mol. The molecule has 120 valence electrons. The van der Waals surface area contributed by atoms with E-state index in [1.54, 1.807) is 22.7 Å². The van der Waals surface area contributed by atoms with Crippen LogP contribution in [-0.4, -0.2) is 23.2 Å². The smallest absolute Gasteiger partial charge is 0.308 e. The Morgan fingerprint density at radius 2 is 2.04 bits per heavy atom. The van der Waals surface area contributed by atoms with Gasteiger partial charge in [-0.15, -0.1) is 11.8 Å². The summed E-state index contributed by atoms with van der Waals surface area (Å²) in [6.07, 6.45) is 0. The maximum Gasteiger partial charge on any atom is 0.323 e. The van der Waals surface area contributed by atoms with E-state index >= 15 is 0 Å². The lowest BCUT2D eigenvalue weighted by Gasteiger charge is -2.25. The molecule has 1 saturated heterocycles. The molecule has 6 heteroatoms. The van der Waals surface area contributed by atoms with Gasteiger partial charge < -0.3 is 10.2 Å². The molecule has 2 amide bonds. The SMILES string of the molecule is Cc1cccc(NC(=O)N2CCS[C@H]2c2cccc(Cl)c2Cl)c1. The Morgan fingerprint density at radius 3 is 2.83 bits per heavy atom. The Morgan fingerprint density at radius 1 is 1.26 bits per heavy atom. The average molecular weight is 367 g/mol. The van der Waals surface area contributed by atoms with Gasteiger partial charge in [-0.2, -0.15) is 0 Å². The van der Waals surface area contributed by atoms with Crippen LogP contribution in [0, 0.1) is 6.92 Å². The maximum atomic E-state index is 12.6. The second kappa shape index (κ2) is 7.04. The van der Waals surface area contributed by atoms with E-state index in [4.69, 9.17) is 23.2 Å². The number of benzene rings is 2. The number of hydrogen-bond acceptors (Lipinski definition) is 2. The zero-order valence-corrected chi connectivity index (χ0v) is 14.9. The first-order valence-electron chi connectivity index (χ1n) is 7.26. The maximum absolute atomic E-state index is 12.6. The first kappa shape index (κ1) is 16.5. The van der Waals surface area contributed by atoms with E-state index in [-0.39, 0.29) is 11.4 Å². The number of carbonyl (C=O) groups excluding carboxylic acids is 1. The van der Waals surface area contributed by atoms with Crippen LogP contribution < -0.4 is 5.32 Å². The summed E-state index contributed by atoms with van der Waals surface area (Å²) in [6.45, 7) is 2.67. The molecule has 1 N–H and O–H groups in total. The van der Waals surface area contributed by atoms with E-state index in [0.717, 1.165) is 22.6 Å². The van der Waals surface area contributed by atoms with Gasteiger partial charge in [-0.3, -0.25) is 0 Å². The van der Waals surface area contributed by atoms with Crippen LogP contribution >= 0.6 is 35.0 Å². The lowest BCUT2D eigenvalue weighted by molar-refractivity contribution is 0.214. The highest BCUT2D eigenvalue weighted by Crippen LogP contribution is 2.42. The van der Waals surface area contributed by atoms with Gasteiger partial charge in [0.05, 0.1) is 10.0 Å². The number of thioether (sulfide) groups is 1. The molecule has 0 aromatic heterocycles. The Kier molecular flexibility index (Phi) is 5.05. The lowest BCUT2D eigenvalue weighted by Crippen LogP contribution is -2.34. The first-order valence-corrected chi connectivity index (χ1v) is 9.06. The molecule has 0 saturated carbocycles. The van der Waals surface area contributed by atoms with Crippen LogP contribution in [0.4, 0.5) is 10.5 Å². The van der Waals surface area contributed by atoms with E-state index < -0.39 is 0 Å². The molecule has 2 aromatic carbocycles. The molecule has 0 bridgehead atoms. The number of halogens is 2. The van der Waals surface area contributed by atoms with E-state index in [1.165, 1.54) is 0 Å². The first-order chi connectivity index (χ1) is 11.1. The minimum Gasteiger partial charge on any atom is -0.308 e. The van der Waals surface area contributed by atoms with E-state index in [0.29, 0.717) is 16.6 Å². The molecule has 0 aliphatic carbocycles. The van der Waals surface area contributed by atoms with Crippen LogP contribution in [0.25, 0.3) is 0 Å². The summed E-state index contributed by atoms with van der Waals surface area (Å²) in [5, 5.41) is 3.86. The Labute approximate surface area is 150 Å². The van der Waals surface area contributed by atoms with Gasteiger partial charge >= 0.3 is 6.03 Å². The zero-order valence-electron chi connectivity index (χ0n) is 12.6. The fourth-order valence-electron chi connectivity index (χ4n) is 2.56. The molecule has 0 radical (unpaired) electrons. The summed E-state index contributed by atoms with van der Waals surface area (Å²) in [5.41, 5.74) is 2.77. The minimum atomic E-state index is -0.123. The molecule has 1 aliphatic rings. The van der Waals surface area contributed by atoms with Crippen molar-refractivity contribution in [2.24, 2.45) is 0 Å². The second-order valence-corrected chi connectivity index (χ2v) is 7.33. The van der Waals surface area contributed by atoms with E-state index in [1.807, 2.05) is 43.3 Å². The van der Waals surface area contributed by atoms with Gasteiger partial charge in [-0.05, 0) is 30.7 Å². The fraction of sp³-hybridized carbons (Fsp3) is 0.235. The minimum absolute atomic E-state index is 0.119. The predicted octanol–water partition coefficient (Wildman–Crippen LogP) is 5.58. The van der Waals surface area contributed by atoms with Crippen molar-refractivity contribution in [1.82, 2.24) is 4.90 Å². The Balaban J connectivity index is 1.81. The number of aryl methyl sites for hydroxylation is 1. The number of carbonyl (C=O) groups is 1. The summed E-state index contributed by atoms with van der Waals surface area (Å²) >= 11 is 14.1. The fourth-order valence-corrected chi connectivity index (χ4v) is 4.32. The molecule has 23 heavy (non-hydrogen) atoms. The highest BCUT2D eigenvalue weighted by molar-refractivity contribution is 7.99. The normalized spacial score (nSPS) is 17.3. The van der Waals surface area contributed by atoms with Gasteiger partial charge in [0.2, 0.25) is 0 Å². The highest BCUT2D eigenvalue weighted by Gasteiger charge is 2.32. The third-order valence-corrected chi connectivity index (χ3v) is 5.74. The summed E-state index contributed by atoms with van der Waals surface area (Å²) in [7, 11) is 0. The van der Waals surface area contributed by atoms with Crippen molar-refractivity contribution >= 4 is 46.7 Å². The molecular formula is C17H16Cl2N2OS. The van der Waals surface area contributed by atoms with Crippen LogP contribution in [0.2, 0.25) is 10.0 Å². The monoisotopic (exact) mass is 366 g/mol. The van der Waals surface area contributed by atoms with Crippen molar-refractivity contribution in [3.05, 3.63) is 63.6 Å². The standard InChI is InChI=1S/C17H16Cl2N2OS/c1-11-4-2-5-12(10-11)20-17(22)21-8-9-23-16(21)13-6-3-7-14(18)15(13)19/h2-7,10,16H,8-9H2,1H3,(H,20,22)/t16-/m0/s1. The summed E-state index contributed by atoms with van der Waals surface area (Å²) < 4.78 is 0. The number of amides is 2. The van der Waals surface area contributed by atoms with Gasteiger partial charge in [-0.1, -0.05) is 47.5 Å². The van der Waals surface area contributed by atoms with Crippen molar-refractivity contribution in [2.45, 2.75) is 12.3 Å². The molecule has 1 heterocycles. The molecule has 1 atom stereocenters. The molecule has 3 nitrogen and oxygen atoms in total. The van der Waals surface area contributed by atoms with Crippen molar-refractivity contribution in [3.8, 4) is 0 Å². The summed E-state index contributed by atoms with van der Waals surface area (Å²) in [5.74, 6) is 0.870. The summed E-state index contributed by atoms with van der Waals surface area (Å²) in [4.78, 5) is 14.4. The quantitative estimate of drug-likeness (QED) is 0.751. The Bertz CT molecular complexity index is 738. The van der Waals surface area contributed by atoms with Gasteiger partial charge in [0.25, 0.3) is 0 Å². The number of rotatable bonds is 2. The number of anilines is 1. The van der Waals surface area contributed by atoms with Crippen molar-refractivity contribution in [1.29, 1.82) is 0 Å². The van der Waals surface area contributed by atoms with E-state index in [2.05, 4.69) is 5.32 Å². The van der Waals surface area contributed by atoms with Crippen LogP contribution in [0.5, 0.6) is 0 Å². The third kappa shape index (κ3) is 3.60. The number of urea groups is 1. The van der Waals surface area contributed by atoms with Gasteiger partial charge in [0.15, 0.2) is 0 Å². The number of nitrogens with zero attached hydrogens (tertiary/aromatic N) is 1. The molecule has 2 aromatic rings. The van der Waals surface area contributed by atoms with Crippen molar-refractivity contribution < 1.29 is 4.79 Å². The topological polar surface area (TPSA) is 32.3 Å². The van der Waals surface area contributed by atoms with Gasteiger partial charge in [0, 0.05) is 23.5 Å². The molecular weight excluding hydrogens is 351 g/mol. The van der Waals surface area contributed by atoms with E-state index in [9.17, 15) is 4.79 Å². The lowest BCUT2D eigenvalue weighted by atomic mass is 10.2. The Hall–Kier alpha value is -1.36. The van der Waals surface area contributed by atoms with Crippen LogP contribution in [0.1, 0.15) is 16.5 Å². The molecule has 3 rings (SSSR count). The van der Waals surface area contributed by atoms with Crippen LogP contribution in [0.15, 0.2) is 42.5 Å². The largest absolute Gasteiger partial charge is 0.323 e. The van der Waals surface area contributed by atoms with Crippen LogP contribution in [0.3, 0.4) is 0 Å². The van der Waals surface area contributed by atoms with Crippen molar-refractivity contribution in [2.75, 3.05) is 17.6 Å². The highest BCUT2D eigenvalue weighted by atomic mass is 35.5. The van der Waals surface area contributed by atoms with Gasteiger partial charge in [0.1, 0.15) is 5.37 Å². The van der Waals surface area contributed by atoms with Crippen molar-refractivity contribution in [3.63, 3.8) is 0 Å². The number of nitrogens with one attached hydrogen (secondary N) is 1. The summed E-state index contributed by atoms with van der Waals surface area (Å²) in [6, 6.07) is 13.2. The molecule has 1 aliphatic heterocycles. The third-order valence-electron chi connectivity index (χ3n) is 3.67.